The third-order valence-corrected chi connectivity index (χ3v) is 3.44. The molecule has 0 unspecified atom stereocenters. The summed E-state index contributed by atoms with van der Waals surface area (Å²) in [6.07, 6.45) is 0.863. The second-order valence-corrected chi connectivity index (χ2v) is 5.66. The summed E-state index contributed by atoms with van der Waals surface area (Å²) in [4.78, 5) is 22.8. The number of carbonyl (C=O) groups excluding carboxylic acids is 1. The molecule has 2 rings (SSSR count). The van der Waals surface area contributed by atoms with Crippen molar-refractivity contribution in [3.05, 3.63) is 48.0 Å². The van der Waals surface area contributed by atoms with Crippen molar-refractivity contribution in [3.8, 4) is 0 Å². The molecule has 0 spiro atoms. The topological polar surface area (TPSA) is 66.4 Å². The fourth-order valence-corrected chi connectivity index (χ4v) is 2.12. The maximum atomic E-state index is 11.8. The summed E-state index contributed by atoms with van der Waals surface area (Å²) in [5.41, 5.74) is -0.169. The second-order valence-electron chi connectivity index (χ2n) is 5.66. The van der Waals surface area contributed by atoms with Crippen LogP contribution < -0.4 is 5.32 Å². The molecule has 0 aliphatic carbocycles. The van der Waals surface area contributed by atoms with Crippen LogP contribution in [0.25, 0.3) is 10.8 Å². The Hall–Kier alpha value is -2.36. The molecule has 0 fully saturated rings. The summed E-state index contributed by atoms with van der Waals surface area (Å²) in [5, 5.41) is 13.8. The lowest BCUT2D eigenvalue weighted by molar-refractivity contribution is -0.146. The molecule has 0 saturated heterocycles. The molecule has 0 heterocycles. The summed E-state index contributed by atoms with van der Waals surface area (Å²) in [5.74, 6) is -1.29. The lowest BCUT2D eigenvalue weighted by Crippen LogP contribution is -2.49. The van der Waals surface area contributed by atoms with Crippen molar-refractivity contribution in [1.82, 2.24) is 5.32 Å². The Kier molecular flexibility index (Phi) is 4.26. The smallest absolute Gasteiger partial charge is 0.328 e. The molecule has 21 heavy (non-hydrogen) atoms. The van der Waals surface area contributed by atoms with Gasteiger partial charge >= 0.3 is 5.97 Å². The van der Waals surface area contributed by atoms with E-state index in [0.29, 0.717) is 6.42 Å². The summed E-state index contributed by atoms with van der Waals surface area (Å²) < 4.78 is 0. The van der Waals surface area contributed by atoms with Crippen molar-refractivity contribution in [2.75, 3.05) is 0 Å². The third kappa shape index (κ3) is 3.81. The van der Waals surface area contributed by atoms with E-state index in [0.717, 1.165) is 16.3 Å². The fraction of sp³-hybridized carbons (Fsp3) is 0.294. The number of carboxylic acids is 1. The predicted octanol–water partition coefficient (Wildman–Crippen LogP) is 2.75. The molecule has 0 saturated carbocycles. The van der Waals surface area contributed by atoms with Crippen LogP contribution in [-0.4, -0.2) is 22.5 Å². The Bertz CT molecular complexity index is 677. The minimum absolute atomic E-state index is 0.254. The third-order valence-electron chi connectivity index (χ3n) is 3.44. The Labute approximate surface area is 123 Å². The van der Waals surface area contributed by atoms with Gasteiger partial charge in [0.25, 0.3) is 0 Å². The van der Waals surface area contributed by atoms with Gasteiger partial charge in [-0.05, 0) is 36.6 Å². The molecular formula is C17H19NO3. The van der Waals surface area contributed by atoms with Crippen LogP contribution in [0.2, 0.25) is 0 Å². The summed E-state index contributed by atoms with van der Waals surface area (Å²) >= 11 is 0. The second kappa shape index (κ2) is 5.95. The van der Waals surface area contributed by atoms with E-state index in [2.05, 4.69) is 11.4 Å². The Morgan fingerprint density at radius 1 is 1.10 bits per heavy atom. The van der Waals surface area contributed by atoms with Crippen LogP contribution in [-0.2, 0) is 16.0 Å². The van der Waals surface area contributed by atoms with Crippen LogP contribution in [0.1, 0.15) is 25.8 Å². The van der Waals surface area contributed by atoms with Gasteiger partial charge in [0.2, 0.25) is 5.91 Å². The molecule has 2 N–H and O–H groups in total. The Balaban J connectivity index is 1.98. The largest absolute Gasteiger partial charge is 0.480 e. The van der Waals surface area contributed by atoms with Gasteiger partial charge in [-0.3, -0.25) is 4.79 Å². The van der Waals surface area contributed by atoms with Crippen LogP contribution in [0.4, 0.5) is 0 Å². The molecule has 0 aliphatic rings. The van der Waals surface area contributed by atoms with Gasteiger partial charge in [0.1, 0.15) is 5.54 Å². The first-order chi connectivity index (χ1) is 9.88. The molecule has 2 aromatic carbocycles. The molecule has 110 valence electrons. The van der Waals surface area contributed by atoms with Crippen LogP contribution in [0, 0.1) is 0 Å². The quantitative estimate of drug-likeness (QED) is 0.887. The Morgan fingerprint density at radius 3 is 2.43 bits per heavy atom. The number of rotatable bonds is 5. The highest BCUT2D eigenvalue weighted by molar-refractivity contribution is 5.86. The number of aliphatic carboxylic acids is 1. The molecule has 4 heteroatoms. The first-order valence-electron chi connectivity index (χ1n) is 6.90. The molecule has 4 nitrogen and oxygen atoms in total. The highest BCUT2D eigenvalue weighted by Crippen LogP contribution is 2.16. The molecule has 2 aromatic rings. The van der Waals surface area contributed by atoms with Crippen molar-refractivity contribution >= 4 is 22.6 Å². The zero-order valence-electron chi connectivity index (χ0n) is 12.2. The average Bonchev–Trinajstić information content (AvgIpc) is 2.44. The van der Waals surface area contributed by atoms with Crippen LogP contribution >= 0.6 is 0 Å². The van der Waals surface area contributed by atoms with Gasteiger partial charge in [-0.25, -0.2) is 4.79 Å². The highest BCUT2D eigenvalue weighted by atomic mass is 16.4. The van der Waals surface area contributed by atoms with Crippen molar-refractivity contribution in [2.24, 2.45) is 0 Å². The number of nitrogens with one attached hydrogen (secondary N) is 1. The highest BCUT2D eigenvalue weighted by Gasteiger charge is 2.28. The molecule has 0 atom stereocenters. The normalized spacial score (nSPS) is 11.3. The van der Waals surface area contributed by atoms with Crippen LogP contribution in [0.5, 0.6) is 0 Å². The van der Waals surface area contributed by atoms with E-state index in [1.165, 1.54) is 13.8 Å². The SMILES string of the molecule is CC(C)(NC(=O)CCc1ccc2ccccc2c1)C(=O)O. The standard InChI is InChI=1S/C17H19NO3/c1-17(2,16(20)21)18-15(19)10-8-12-7-9-13-5-3-4-6-14(13)11-12/h3-7,9,11H,8,10H2,1-2H3,(H,18,19)(H,20,21). The van der Waals surface area contributed by atoms with Gasteiger partial charge in [0, 0.05) is 6.42 Å². The maximum Gasteiger partial charge on any atom is 0.328 e. The van der Waals surface area contributed by atoms with E-state index in [1.807, 2.05) is 36.4 Å². The fourth-order valence-electron chi connectivity index (χ4n) is 2.12. The summed E-state index contributed by atoms with van der Waals surface area (Å²) in [7, 11) is 0. The number of benzene rings is 2. The van der Waals surface area contributed by atoms with Crippen molar-refractivity contribution in [1.29, 1.82) is 0 Å². The molecule has 0 aromatic heterocycles. The number of hydrogen-bond acceptors (Lipinski definition) is 2. The average molecular weight is 285 g/mol. The molecule has 0 bridgehead atoms. The van der Waals surface area contributed by atoms with E-state index >= 15 is 0 Å². The first-order valence-corrected chi connectivity index (χ1v) is 6.90. The number of hydrogen-bond donors (Lipinski definition) is 2. The van der Waals surface area contributed by atoms with Gasteiger partial charge in [0.15, 0.2) is 0 Å². The number of aryl methyl sites for hydroxylation is 1. The van der Waals surface area contributed by atoms with Gasteiger partial charge in [-0.1, -0.05) is 42.5 Å². The number of carboxylic acid groups (broad SMARTS) is 1. The lowest BCUT2D eigenvalue weighted by atomic mass is 10.0. The summed E-state index contributed by atoms with van der Waals surface area (Å²) in [6.45, 7) is 2.95. The first kappa shape index (κ1) is 15.0. The zero-order valence-corrected chi connectivity index (χ0v) is 12.2. The van der Waals surface area contributed by atoms with Gasteiger partial charge in [-0.15, -0.1) is 0 Å². The van der Waals surface area contributed by atoms with E-state index in [9.17, 15) is 9.59 Å². The van der Waals surface area contributed by atoms with E-state index < -0.39 is 11.5 Å². The molecule has 0 radical (unpaired) electrons. The van der Waals surface area contributed by atoms with Crippen molar-refractivity contribution < 1.29 is 14.7 Å². The van der Waals surface area contributed by atoms with Crippen LogP contribution in [0.3, 0.4) is 0 Å². The molecule has 0 aliphatic heterocycles. The molecular weight excluding hydrogens is 266 g/mol. The van der Waals surface area contributed by atoms with Gasteiger partial charge in [0.05, 0.1) is 0 Å². The number of fused-ring (bicyclic) bond motifs is 1. The van der Waals surface area contributed by atoms with E-state index in [-0.39, 0.29) is 12.3 Å². The monoisotopic (exact) mass is 285 g/mol. The number of amides is 1. The predicted molar refractivity (Wildman–Crippen MR) is 82.1 cm³/mol. The summed E-state index contributed by atoms with van der Waals surface area (Å²) in [6, 6.07) is 14.1. The van der Waals surface area contributed by atoms with Crippen LogP contribution in [0.15, 0.2) is 42.5 Å². The minimum atomic E-state index is -1.24. The number of carbonyl (C=O) groups is 2. The van der Waals surface area contributed by atoms with Crippen molar-refractivity contribution in [3.63, 3.8) is 0 Å². The van der Waals surface area contributed by atoms with Gasteiger partial charge in [-0.2, -0.15) is 0 Å². The van der Waals surface area contributed by atoms with Gasteiger partial charge < -0.3 is 10.4 Å². The van der Waals surface area contributed by atoms with Crippen molar-refractivity contribution in [2.45, 2.75) is 32.2 Å². The van der Waals surface area contributed by atoms with E-state index in [1.54, 1.807) is 0 Å². The maximum absolute atomic E-state index is 11.8. The zero-order chi connectivity index (χ0) is 15.5. The Morgan fingerprint density at radius 2 is 1.76 bits per heavy atom. The minimum Gasteiger partial charge on any atom is -0.480 e. The molecule has 1 amide bonds. The van der Waals surface area contributed by atoms with E-state index in [4.69, 9.17) is 5.11 Å². The lowest BCUT2D eigenvalue weighted by Gasteiger charge is -2.20.